The highest BCUT2D eigenvalue weighted by atomic mass is 35.5. The number of carbonyl (C=O) groups is 2. The highest BCUT2D eigenvalue weighted by molar-refractivity contribution is 7.99. The zero-order valence-electron chi connectivity index (χ0n) is 15.1. The van der Waals surface area contributed by atoms with Gasteiger partial charge in [0.15, 0.2) is 11.0 Å². The molecule has 1 aromatic heterocycles. The summed E-state index contributed by atoms with van der Waals surface area (Å²) in [6.07, 6.45) is 0.584. The number of amides is 2. The first-order valence-electron chi connectivity index (χ1n) is 7.81. The second kappa shape index (κ2) is 8.71. The number of carbonyl (C=O) groups excluding carboxylic acids is 2. The van der Waals surface area contributed by atoms with Gasteiger partial charge in [-0.05, 0) is 6.42 Å². The summed E-state index contributed by atoms with van der Waals surface area (Å²) in [5, 5.41) is 7.12. The molecule has 0 fully saturated rings. The number of hydrogen-bond donors (Lipinski definition) is 1. The lowest BCUT2D eigenvalue weighted by Gasteiger charge is -2.13. The van der Waals surface area contributed by atoms with Crippen LogP contribution in [-0.2, 0) is 10.2 Å². The zero-order chi connectivity index (χ0) is 18.5. The summed E-state index contributed by atoms with van der Waals surface area (Å²) in [4.78, 5) is 29.8. The Morgan fingerprint density at radius 2 is 2.00 bits per heavy atom. The Balaban J connectivity index is 2.77. The van der Waals surface area contributed by atoms with Crippen molar-refractivity contribution in [3.05, 3.63) is 5.82 Å². The van der Waals surface area contributed by atoms with Crippen LogP contribution in [0.1, 0.15) is 39.9 Å². The van der Waals surface area contributed by atoms with E-state index in [0.29, 0.717) is 29.7 Å². The van der Waals surface area contributed by atoms with E-state index in [2.05, 4.69) is 15.4 Å². The van der Waals surface area contributed by atoms with Crippen LogP contribution in [0.15, 0.2) is 5.16 Å². The molecule has 0 aliphatic rings. The molecule has 1 N–H and O–H groups in total. The van der Waals surface area contributed by atoms with Crippen molar-refractivity contribution in [1.82, 2.24) is 25.0 Å². The molecule has 9 heteroatoms. The summed E-state index contributed by atoms with van der Waals surface area (Å²) in [5.74, 6) is 0.999. The minimum absolute atomic E-state index is 0.180. The zero-order valence-corrected chi connectivity index (χ0v) is 16.7. The van der Waals surface area contributed by atoms with E-state index in [-0.39, 0.29) is 17.4 Å². The first-order chi connectivity index (χ1) is 11.1. The van der Waals surface area contributed by atoms with Gasteiger partial charge in [-0.2, -0.15) is 4.68 Å². The fourth-order valence-corrected chi connectivity index (χ4v) is 2.49. The Hall–Kier alpha value is -1.28. The maximum absolute atomic E-state index is 12.3. The van der Waals surface area contributed by atoms with Gasteiger partial charge < -0.3 is 10.2 Å². The lowest BCUT2D eigenvalue weighted by atomic mass is 9.96. The average molecular weight is 376 g/mol. The van der Waals surface area contributed by atoms with E-state index in [9.17, 15) is 9.59 Å². The van der Waals surface area contributed by atoms with Crippen molar-refractivity contribution in [1.29, 1.82) is 0 Å². The Morgan fingerprint density at radius 3 is 2.50 bits per heavy atom. The normalized spacial score (nSPS) is 12.8. The third-order valence-corrected chi connectivity index (χ3v) is 4.52. The van der Waals surface area contributed by atoms with Gasteiger partial charge in [0.05, 0.1) is 0 Å². The standard InChI is InChI=1S/C15H26ClN5O2S/c1-7-10(16)11(22)17-8-9-24-13-18-12(15(2,3)4)19-21(13)14(23)20(5)6/h10H,7-9H2,1-6H3,(H,17,22). The summed E-state index contributed by atoms with van der Waals surface area (Å²) in [5.41, 5.74) is -0.256. The summed E-state index contributed by atoms with van der Waals surface area (Å²) in [7, 11) is 3.33. The van der Waals surface area contributed by atoms with Gasteiger partial charge in [0.25, 0.3) is 0 Å². The van der Waals surface area contributed by atoms with E-state index in [0.717, 1.165) is 0 Å². The van der Waals surface area contributed by atoms with E-state index >= 15 is 0 Å². The fourth-order valence-electron chi connectivity index (χ4n) is 1.64. The third kappa shape index (κ3) is 5.66. The van der Waals surface area contributed by atoms with Crippen LogP contribution in [0.2, 0.25) is 0 Å². The van der Waals surface area contributed by atoms with Crippen molar-refractivity contribution in [3.8, 4) is 0 Å². The van der Waals surface area contributed by atoms with Crippen LogP contribution < -0.4 is 5.32 Å². The summed E-state index contributed by atoms with van der Waals surface area (Å²) >= 11 is 7.25. The first kappa shape index (κ1) is 20.8. The summed E-state index contributed by atoms with van der Waals surface area (Å²) in [6, 6.07) is -0.253. The SMILES string of the molecule is CCC(Cl)C(=O)NCCSc1nc(C(C)(C)C)nn1C(=O)N(C)C. The molecular weight excluding hydrogens is 350 g/mol. The molecule has 7 nitrogen and oxygen atoms in total. The van der Waals surface area contributed by atoms with E-state index in [1.165, 1.54) is 21.3 Å². The number of halogens is 1. The Labute approximate surface area is 152 Å². The van der Waals surface area contributed by atoms with Gasteiger partial charge in [-0.15, -0.1) is 16.7 Å². The summed E-state index contributed by atoms with van der Waals surface area (Å²) < 4.78 is 1.31. The van der Waals surface area contributed by atoms with Crippen LogP contribution in [0.5, 0.6) is 0 Å². The fraction of sp³-hybridized carbons (Fsp3) is 0.733. The van der Waals surface area contributed by atoms with Gasteiger partial charge >= 0.3 is 6.03 Å². The molecule has 0 aliphatic carbocycles. The van der Waals surface area contributed by atoms with Crippen molar-refractivity contribution in [2.75, 3.05) is 26.4 Å². The highest BCUT2D eigenvalue weighted by Crippen LogP contribution is 2.23. The van der Waals surface area contributed by atoms with E-state index < -0.39 is 5.38 Å². The van der Waals surface area contributed by atoms with Crippen molar-refractivity contribution in [2.24, 2.45) is 0 Å². The molecule has 0 aromatic carbocycles. The number of hydrogen-bond acceptors (Lipinski definition) is 5. The lowest BCUT2D eigenvalue weighted by Crippen LogP contribution is -2.32. The minimum Gasteiger partial charge on any atom is -0.354 e. The molecule has 24 heavy (non-hydrogen) atoms. The van der Waals surface area contributed by atoms with Crippen molar-refractivity contribution < 1.29 is 9.59 Å². The maximum atomic E-state index is 12.3. The van der Waals surface area contributed by atoms with Crippen LogP contribution >= 0.6 is 23.4 Å². The number of nitrogens with one attached hydrogen (secondary N) is 1. The lowest BCUT2D eigenvalue weighted by molar-refractivity contribution is -0.120. The highest BCUT2D eigenvalue weighted by Gasteiger charge is 2.25. The molecule has 0 aliphatic heterocycles. The van der Waals surface area contributed by atoms with Crippen LogP contribution in [0.3, 0.4) is 0 Å². The minimum atomic E-state index is -0.513. The molecule has 1 unspecified atom stereocenters. The molecule has 0 saturated heterocycles. The maximum Gasteiger partial charge on any atom is 0.346 e. The molecule has 0 radical (unpaired) electrons. The quantitative estimate of drug-likeness (QED) is 0.469. The molecule has 1 heterocycles. The summed E-state index contributed by atoms with van der Waals surface area (Å²) in [6.45, 7) is 8.28. The molecule has 1 rings (SSSR count). The number of nitrogens with zero attached hydrogens (tertiary/aromatic N) is 4. The van der Waals surface area contributed by atoms with Gasteiger partial charge in [-0.1, -0.05) is 39.5 Å². The van der Waals surface area contributed by atoms with E-state index in [4.69, 9.17) is 11.6 Å². The van der Waals surface area contributed by atoms with Crippen molar-refractivity contribution >= 4 is 35.3 Å². The van der Waals surface area contributed by atoms with Crippen LogP contribution in [-0.4, -0.2) is 63.4 Å². The Bertz CT molecular complexity index is 583. The predicted molar refractivity (Wildman–Crippen MR) is 96.9 cm³/mol. The van der Waals surface area contributed by atoms with Gasteiger partial charge in [-0.3, -0.25) is 4.79 Å². The number of aromatic nitrogens is 3. The Morgan fingerprint density at radius 1 is 1.38 bits per heavy atom. The average Bonchev–Trinajstić information content (AvgIpc) is 2.93. The molecular formula is C15H26ClN5O2S. The van der Waals surface area contributed by atoms with Gasteiger partial charge in [0.1, 0.15) is 5.38 Å². The van der Waals surface area contributed by atoms with Gasteiger partial charge in [0.2, 0.25) is 5.91 Å². The van der Waals surface area contributed by atoms with Crippen LogP contribution in [0.25, 0.3) is 0 Å². The molecule has 2 amide bonds. The second-order valence-corrected chi connectivity index (χ2v) is 8.16. The number of alkyl halides is 1. The first-order valence-corrected chi connectivity index (χ1v) is 9.23. The van der Waals surface area contributed by atoms with Crippen LogP contribution in [0.4, 0.5) is 4.79 Å². The van der Waals surface area contributed by atoms with Crippen molar-refractivity contribution in [2.45, 2.75) is 50.1 Å². The number of rotatable bonds is 6. The smallest absolute Gasteiger partial charge is 0.346 e. The van der Waals surface area contributed by atoms with Gasteiger partial charge in [-0.25, -0.2) is 9.78 Å². The molecule has 0 saturated carbocycles. The molecule has 1 aromatic rings. The van der Waals surface area contributed by atoms with E-state index in [1.54, 1.807) is 14.1 Å². The monoisotopic (exact) mass is 375 g/mol. The molecule has 1 atom stereocenters. The van der Waals surface area contributed by atoms with Gasteiger partial charge in [0, 0.05) is 31.8 Å². The number of thioether (sulfide) groups is 1. The van der Waals surface area contributed by atoms with E-state index in [1.807, 2.05) is 27.7 Å². The molecule has 0 spiro atoms. The van der Waals surface area contributed by atoms with Crippen LogP contribution in [0, 0.1) is 0 Å². The second-order valence-electron chi connectivity index (χ2n) is 6.57. The topological polar surface area (TPSA) is 80.1 Å². The molecule has 136 valence electrons. The largest absolute Gasteiger partial charge is 0.354 e. The van der Waals surface area contributed by atoms with Crippen molar-refractivity contribution in [3.63, 3.8) is 0 Å². The Kier molecular flexibility index (Phi) is 7.54. The molecule has 0 bridgehead atoms. The third-order valence-electron chi connectivity index (χ3n) is 3.09. The predicted octanol–water partition coefficient (Wildman–Crippen LogP) is 2.33.